The van der Waals surface area contributed by atoms with Crippen molar-refractivity contribution in [3.63, 3.8) is 0 Å². The molecule has 0 spiro atoms. The van der Waals surface area contributed by atoms with Crippen LogP contribution in [0.1, 0.15) is 22.5 Å². The van der Waals surface area contributed by atoms with Crippen molar-refractivity contribution >= 4 is 29.1 Å². The van der Waals surface area contributed by atoms with Crippen molar-refractivity contribution in [1.82, 2.24) is 19.7 Å². The summed E-state index contributed by atoms with van der Waals surface area (Å²) in [6.07, 6.45) is 3.56. The van der Waals surface area contributed by atoms with Crippen LogP contribution in [0.15, 0.2) is 73.1 Å². The molecule has 4 aromatic rings. The molecule has 0 bridgehead atoms. The minimum absolute atomic E-state index is 0.193. The summed E-state index contributed by atoms with van der Waals surface area (Å²) < 4.78 is 6.79. The average molecular weight is 506 g/mol. The quantitative estimate of drug-likeness (QED) is 0.301. The molecule has 35 heavy (non-hydrogen) atoms. The van der Waals surface area contributed by atoms with Crippen molar-refractivity contribution in [2.24, 2.45) is 0 Å². The van der Waals surface area contributed by atoms with E-state index in [-0.39, 0.29) is 18.9 Å². The van der Waals surface area contributed by atoms with E-state index in [9.17, 15) is 4.79 Å². The number of carbonyl (C=O) groups excluding carboxylic acids is 1. The van der Waals surface area contributed by atoms with Crippen LogP contribution in [-0.2, 0) is 6.54 Å². The van der Waals surface area contributed by atoms with Crippen LogP contribution in [0.4, 0.5) is 0 Å². The van der Waals surface area contributed by atoms with E-state index in [1.807, 2.05) is 36.4 Å². The van der Waals surface area contributed by atoms with Gasteiger partial charge in [0.1, 0.15) is 11.4 Å². The first-order chi connectivity index (χ1) is 17.0. The lowest BCUT2D eigenvalue weighted by Gasteiger charge is -2.22. The molecule has 0 atom stereocenters. The SMILES string of the molecule is COc1ccc(-c2cc(C(=O)N(CCC#N)Cc3cccnc3)n(-c3ccc(Cl)c(Cl)c3)n2)cc1. The highest BCUT2D eigenvalue weighted by molar-refractivity contribution is 6.42. The third kappa shape index (κ3) is 5.62. The smallest absolute Gasteiger partial charge is 0.272 e. The number of aromatic nitrogens is 3. The van der Waals surface area contributed by atoms with E-state index in [2.05, 4.69) is 11.1 Å². The summed E-state index contributed by atoms with van der Waals surface area (Å²) in [6.45, 7) is 0.563. The Hall–Kier alpha value is -3.86. The van der Waals surface area contributed by atoms with Crippen molar-refractivity contribution in [2.75, 3.05) is 13.7 Å². The number of rotatable bonds is 8. The summed E-state index contributed by atoms with van der Waals surface area (Å²) in [4.78, 5) is 19.5. The first kappa shape index (κ1) is 24.3. The molecule has 1 amide bonds. The second-order valence-electron chi connectivity index (χ2n) is 7.65. The highest BCUT2D eigenvalue weighted by Crippen LogP contribution is 2.28. The topological polar surface area (TPSA) is 84.0 Å². The van der Waals surface area contributed by atoms with Gasteiger partial charge in [-0.1, -0.05) is 29.3 Å². The van der Waals surface area contributed by atoms with Gasteiger partial charge in [0.15, 0.2) is 0 Å². The molecule has 2 aromatic carbocycles. The minimum atomic E-state index is -0.276. The third-order valence-corrected chi connectivity index (χ3v) is 6.08. The van der Waals surface area contributed by atoms with E-state index in [0.29, 0.717) is 39.4 Å². The molecule has 0 saturated carbocycles. The maximum absolute atomic E-state index is 13.8. The van der Waals surface area contributed by atoms with Gasteiger partial charge in [-0.3, -0.25) is 9.78 Å². The van der Waals surface area contributed by atoms with Crippen LogP contribution in [0.25, 0.3) is 16.9 Å². The van der Waals surface area contributed by atoms with Crippen molar-refractivity contribution in [1.29, 1.82) is 5.26 Å². The van der Waals surface area contributed by atoms with Crippen LogP contribution >= 0.6 is 23.2 Å². The number of amides is 1. The first-order valence-corrected chi connectivity index (χ1v) is 11.5. The van der Waals surface area contributed by atoms with Crippen molar-refractivity contribution in [3.05, 3.63) is 94.4 Å². The standard InChI is InChI=1S/C26H21Cl2N5O2/c1-35-21-8-5-19(6-9-21)24-15-25(33(31-24)20-7-10-22(27)23(28)14-20)26(34)32(13-3-11-29)17-18-4-2-12-30-16-18/h2,4-10,12,14-16H,3,13,17H2,1H3. The molecule has 2 aromatic heterocycles. The number of carbonyl (C=O) groups is 1. The number of halogens is 2. The molecule has 2 heterocycles. The lowest BCUT2D eigenvalue weighted by molar-refractivity contribution is 0.0737. The predicted octanol–water partition coefficient (Wildman–Crippen LogP) is 5.81. The first-order valence-electron chi connectivity index (χ1n) is 10.7. The normalized spacial score (nSPS) is 10.6. The van der Waals surface area contributed by atoms with Gasteiger partial charge in [0, 0.05) is 31.0 Å². The van der Waals surface area contributed by atoms with Gasteiger partial charge in [-0.05, 0) is 60.2 Å². The molecule has 0 radical (unpaired) electrons. The number of methoxy groups -OCH3 is 1. The summed E-state index contributed by atoms with van der Waals surface area (Å²) in [7, 11) is 1.60. The molecule has 0 N–H and O–H groups in total. The Kier molecular flexibility index (Phi) is 7.66. The number of ether oxygens (including phenoxy) is 1. The van der Waals surface area contributed by atoms with Gasteiger partial charge in [0.2, 0.25) is 0 Å². The fourth-order valence-corrected chi connectivity index (χ4v) is 3.85. The molecule has 0 aliphatic carbocycles. The van der Waals surface area contributed by atoms with Gasteiger partial charge in [-0.2, -0.15) is 10.4 Å². The zero-order valence-electron chi connectivity index (χ0n) is 18.9. The van der Waals surface area contributed by atoms with Crippen LogP contribution in [0, 0.1) is 11.3 Å². The van der Waals surface area contributed by atoms with Crippen molar-refractivity contribution in [3.8, 4) is 28.8 Å². The Morgan fingerprint density at radius 1 is 1.11 bits per heavy atom. The van der Waals surface area contributed by atoms with Gasteiger partial charge in [0.25, 0.3) is 5.91 Å². The largest absolute Gasteiger partial charge is 0.497 e. The van der Waals surface area contributed by atoms with Crippen molar-refractivity contribution in [2.45, 2.75) is 13.0 Å². The molecule has 176 valence electrons. The van der Waals surface area contributed by atoms with Gasteiger partial charge in [0.05, 0.1) is 41.0 Å². The van der Waals surface area contributed by atoms with E-state index in [0.717, 1.165) is 11.1 Å². The van der Waals surface area contributed by atoms with Gasteiger partial charge >= 0.3 is 0 Å². The molecule has 0 aliphatic heterocycles. The summed E-state index contributed by atoms with van der Waals surface area (Å²) in [6, 6.07) is 20.0. The Balaban J connectivity index is 1.79. The maximum Gasteiger partial charge on any atom is 0.272 e. The Morgan fingerprint density at radius 2 is 1.91 bits per heavy atom. The van der Waals surface area contributed by atoms with E-state index in [1.54, 1.807) is 53.4 Å². The van der Waals surface area contributed by atoms with E-state index < -0.39 is 0 Å². The van der Waals surface area contributed by atoms with E-state index >= 15 is 0 Å². The number of pyridine rings is 1. The number of benzene rings is 2. The van der Waals surface area contributed by atoms with Crippen LogP contribution in [0.3, 0.4) is 0 Å². The molecule has 7 nitrogen and oxygen atoms in total. The monoisotopic (exact) mass is 505 g/mol. The minimum Gasteiger partial charge on any atom is -0.497 e. The van der Waals surface area contributed by atoms with Gasteiger partial charge in [-0.15, -0.1) is 0 Å². The van der Waals surface area contributed by atoms with Crippen LogP contribution in [0.2, 0.25) is 10.0 Å². The fourth-order valence-electron chi connectivity index (χ4n) is 3.56. The highest BCUT2D eigenvalue weighted by atomic mass is 35.5. The van der Waals surface area contributed by atoms with Crippen LogP contribution in [-0.4, -0.2) is 39.2 Å². The summed E-state index contributed by atoms with van der Waals surface area (Å²) in [5.41, 5.74) is 3.19. The number of nitriles is 1. The Labute approximate surface area is 213 Å². The third-order valence-electron chi connectivity index (χ3n) is 5.34. The van der Waals surface area contributed by atoms with E-state index in [4.69, 9.17) is 38.3 Å². The molecule has 4 rings (SSSR count). The highest BCUT2D eigenvalue weighted by Gasteiger charge is 2.23. The second kappa shape index (κ2) is 11.0. The van der Waals surface area contributed by atoms with Crippen molar-refractivity contribution < 1.29 is 9.53 Å². The lowest BCUT2D eigenvalue weighted by atomic mass is 10.1. The number of hydrogen-bond acceptors (Lipinski definition) is 5. The molecule has 0 unspecified atom stereocenters. The zero-order valence-corrected chi connectivity index (χ0v) is 20.4. The molecule has 0 aliphatic rings. The maximum atomic E-state index is 13.8. The summed E-state index contributed by atoms with van der Waals surface area (Å²) >= 11 is 12.4. The van der Waals surface area contributed by atoms with E-state index in [1.165, 1.54) is 0 Å². The average Bonchev–Trinajstić information content (AvgIpc) is 3.34. The zero-order chi connectivity index (χ0) is 24.8. The number of hydrogen-bond donors (Lipinski definition) is 0. The molecule has 0 saturated heterocycles. The number of nitrogens with zero attached hydrogens (tertiary/aromatic N) is 5. The predicted molar refractivity (Wildman–Crippen MR) is 135 cm³/mol. The molecule has 0 fully saturated rings. The van der Waals surface area contributed by atoms with Crippen LogP contribution in [0.5, 0.6) is 5.75 Å². The van der Waals surface area contributed by atoms with Gasteiger partial charge < -0.3 is 9.64 Å². The Bertz CT molecular complexity index is 1370. The molecular formula is C26H21Cl2N5O2. The fraction of sp³-hybridized carbons (Fsp3) is 0.154. The molecule has 9 heteroatoms. The van der Waals surface area contributed by atoms with Gasteiger partial charge in [-0.25, -0.2) is 4.68 Å². The second-order valence-corrected chi connectivity index (χ2v) is 8.46. The summed E-state index contributed by atoms with van der Waals surface area (Å²) in [5, 5.41) is 14.6. The summed E-state index contributed by atoms with van der Waals surface area (Å²) in [5.74, 6) is 0.440. The van der Waals surface area contributed by atoms with Crippen LogP contribution < -0.4 is 4.74 Å². The lowest BCUT2D eigenvalue weighted by Crippen LogP contribution is -2.33. The Morgan fingerprint density at radius 3 is 2.57 bits per heavy atom. The molecular weight excluding hydrogens is 485 g/mol.